The van der Waals surface area contributed by atoms with Crippen molar-refractivity contribution < 1.29 is 5.32 Å². The molecule has 0 unspecified atom stereocenters. The lowest BCUT2D eigenvalue weighted by Crippen LogP contribution is -2.78. The Morgan fingerprint density at radius 1 is 0.533 bits per heavy atom. The summed E-state index contributed by atoms with van der Waals surface area (Å²) in [6, 6.07) is 38.8. The van der Waals surface area contributed by atoms with E-state index >= 15 is 0 Å². The lowest BCUT2D eigenvalue weighted by Gasteiger charge is -2.08. The first-order chi connectivity index (χ1) is 14.9. The molecule has 4 aromatic rings. The molecule has 0 atom stereocenters. The van der Waals surface area contributed by atoms with Crippen LogP contribution in [0.2, 0.25) is 0 Å². The van der Waals surface area contributed by atoms with Gasteiger partial charge in [0.15, 0.2) is 0 Å². The van der Waals surface area contributed by atoms with Crippen molar-refractivity contribution >= 4 is 11.4 Å². The Kier molecular flexibility index (Phi) is 6.93. The molecule has 0 spiro atoms. The summed E-state index contributed by atoms with van der Waals surface area (Å²) >= 11 is 0. The van der Waals surface area contributed by atoms with Crippen molar-refractivity contribution in [2.75, 3.05) is 18.4 Å². The first-order valence-corrected chi connectivity index (χ1v) is 10.7. The number of benzene rings is 4. The molecule has 0 aliphatic carbocycles. The number of hydrogen-bond donors (Lipinski definition) is 2. The number of anilines is 1. The maximum Gasteiger partial charge on any atom is 0.129 e. The van der Waals surface area contributed by atoms with Crippen LogP contribution in [-0.2, 0) is 12.8 Å². The molecule has 150 valence electrons. The van der Waals surface area contributed by atoms with Crippen molar-refractivity contribution in [3.63, 3.8) is 0 Å². The largest absolute Gasteiger partial charge is 0.385 e. The molecule has 0 heterocycles. The highest BCUT2D eigenvalue weighted by Gasteiger charge is 2.02. The Balaban J connectivity index is 1.26. The molecule has 2 heteroatoms. The third kappa shape index (κ3) is 5.82. The predicted molar refractivity (Wildman–Crippen MR) is 127 cm³/mol. The monoisotopic (exact) mass is 393 g/mol. The first kappa shape index (κ1) is 19.9. The van der Waals surface area contributed by atoms with E-state index in [4.69, 9.17) is 0 Å². The van der Waals surface area contributed by atoms with Crippen LogP contribution in [0.25, 0.3) is 11.1 Å². The van der Waals surface area contributed by atoms with Gasteiger partial charge in [0.05, 0.1) is 6.54 Å². The Hall–Kier alpha value is -3.36. The highest BCUT2D eigenvalue weighted by atomic mass is 14.9. The molecule has 30 heavy (non-hydrogen) atoms. The molecule has 4 rings (SSSR count). The molecule has 0 fully saturated rings. The fourth-order valence-electron chi connectivity index (χ4n) is 3.64. The van der Waals surface area contributed by atoms with Gasteiger partial charge < -0.3 is 10.6 Å². The number of rotatable bonds is 9. The van der Waals surface area contributed by atoms with Gasteiger partial charge in [-0.2, -0.15) is 0 Å². The number of hydrogen-bond acceptors (Lipinski definition) is 1. The molecule has 0 aliphatic rings. The average molecular weight is 394 g/mol. The number of nitrogens with two attached hydrogens (primary N) is 1. The summed E-state index contributed by atoms with van der Waals surface area (Å²) in [7, 11) is 0. The Morgan fingerprint density at radius 2 is 1.07 bits per heavy atom. The third-order valence-electron chi connectivity index (χ3n) is 5.37. The zero-order valence-electron chi connectivity index (χ0n) is 17.3. The van der Waals surface area contributed by atoms with Crippen LogP contribution in [0.5, 0.6) is 0 Å². The van der Waals surface area contributed by atoms with E-state index in [0.29, 0.717) is 0 Å². The van der Waals surface area contributed by atoms with E-state index in [1.54, 1.807) is 0 Å². The Bertz CT molecular complexity index is 921. The van der Waals surface area contributed by atoms with Crippen LogP contribution in [0.3, 0.4) is 0 Å². The average Bonchev–Trinajstić information content (AvgIpc) is 2.82. The number of nitrogens with one attached hydrogen (secondary N) is 1. The highest BCUT2D eigenvalue weighted by molar-refractivity contribution is 5.67. The topological polar surface area (TPSA) is 28.6 Å². The van der Waals surface area contributed by atoms with E-state index in [-0.39, 0.29) is 0 Å². The third-order valence-corrected chi connectivity index (χ3v) is 5.37. The fraction of sp³-hybridized carbons (Fsp3) is 0.143. The van der Waals surface area contributed by atoms with Gasteiger partial charge in [0.1, 0.15) is 5.69 Å². The maximum absolute atomic E-state index is 3.51. The van der Waals surface area contributed by atoms with Crippen molar-refractivity contribution in [2.45, 2.75) is 12.8 Å². The zero-order valence-corrected chi connectivity index (χ0v) is 17.3. The molecule has 0 saturated carbocycles. The summed E-state index contributed by atoms with van der Waals surface area (Å²) in [6.45, 7) is 2.00. The standard InChI is InChI=1S/C28H28N2/c1-3-7-23(8-4-1)19-21-29-27-15-11-25(12-16-27)26-13-17-28(18-14-26)30-22-20-24-9-5-2-6-10-24/h1-18,29-30H,19-22H2/p+1. The van der Waals surface area contributed by atoms with Gasteiger partial charge in [-0.1, -0.05) is 72.8 Å². The predicted octanol–water partition coefficient (Wildman–Crippen LogP) is 5.45. The Labute approximate surface area is 179 Å². The zero-order chi connectivity index (χ0) is 20.4. The van der Waals surface area contributed by atoms with Gasteiger partial charge in [-0.15, -0.1) is 0 Å². The van der Waals surface area contributed by atoms with E-state index in [1.807, 2.05) is 0 Å². The molecular formula is C28H29N2+. The first-order valence-electron chi connectivity index (χ1n) is 10.7. The summed E-state index contributed by atoms with van der Waals surface area (Å²) in [5.74, 6) is 0. The molecule has 3 N–H and O–H groups in total. The molecule has 0 saturated heterocycles. The summed E-state index contributed by atoms with van der Waals surface area (Å²) < 4.78 is 0. The van der Waals surface area contributed by atoms with E-state index in [0.717, 1.165) is 25.9 Å². The van der Waals surface area contributed by atoms with Gasteiger partial charge in [-0.05, 0) is 65.1 Å². The van der Waals surface area contributed by atoms with Crippen LogP contribution in [0.4, 0.5) is 11.4 Å². The van der Waals surface area contributed by atoms with Crippen LogP contribution in [0.1, 0.15) is 11.1 Å². The van der Waals surface area contributed by atoms with Crippen LogP contribution in [-0.4, -0.2) is 13.1 Å². The molecule has 4 aromatic carbocycles. The second kappa shape index (κ2) is 10.4. The van der Waals surface area contributed by atoms with Gasteiger partial charge in [0.25, 0.3) is 0 Å². The van der Waals surface area contributed by atoms with Gasteiger partial charge in [0, 0.05) is 18.7 Å². The van der Waals surface area contributed by atoms with Gasteiger partial charge in [-0.3, -0.25) is 0 Å². The van der Waals surface area contributed by atoms with Gasteiger partial charge >= 0.3 is 0 Å². The van der Waals surface area contributed by atoms with E-state index < -0.39 is 0 Å². The van der Waals surface area contributed by atoms with Crippen LogP contribution < -0.4 is 10.6 Å². The van der Waals surface area contributed by atoms with E-state index in [2.05, 4.69) is 120 Å². The van der Waals surface area contributed by atoms with E-state index in [1.165, 1.54) is 33.6 Å². The van der Waals surface area contributed by atoms with Crippen molar-refractivity contribution in [1.29, 1.82) is 0 Å². The maximum atomic E-state index is 3.51. The minimum absolute atomic E-state index is 0.941. The SMILES string of the molecule is c1ccc(CCNc2ccc(-c3ccc([NH2+]CCc4ccccc4)cc3)cc2)cc1. The van der Waals surface area contributed by atoms with E-state index in [9.17, 15) is 0 Å². The normalized spacial score (nSPS) is 10.7. The van der Waals surface area contributed by atoms with Crippen molar-refractivity contribution in [3.05, 3.63) is 120 Å². The van der Waals surface area contributed by atoms with Crippen LogP contribution >= 0.6 is 0 Å². The Morgan fingerprint density at radius 3 is 1.67 bits per heavy atom. The van der Waals surface area contributed by atoms with Gasteiger partial charge in [-0.25, -0.2) is 0 Å². The van der Waals surface area contributed by atoms with Crippen LogP contribution in [0, 0.1) is 0 Å². The smallest absolute Gasteiger partial charge is 0.129 e. The van der Waals surface area contributed by atoms with Crippen LogP contribution in [0.15, 0.2) is 109 Å². The summed E-state index contributed by atoms with van der Waals surface area (Å²) in [5, 5.41) is 5.83. The number of quaternary nitrogens is 1. The van der Waals surface area contributed by atoms with Gasteiger partial charge in [0.2, 0.25) is 0 Å². The molecule has 0 radical (unpaired) electrons. The summed E-state index contributed by atoms with van der Waals surface area (Å²) in [6.07, 6.45) is 2.12. The van der Waals surface area contributed by atoms with Crippen molar-refractivity contribution in [2.24, 2.45) is 0 Å². The summed E-state index contributed by atoms with van der Waals surface area (Å²) in [4.78, 5) is 0. The van der Waals surface area contributed by atoms with Crippen molar-refractivity contribution in [3.8, 4) is 11.1 Å². The van der Waals surface area contributed by atoms with Crippen molar-refractivity contribution in [1.82, 2.24) is 0 Å². The summed E-state index contributed by atoms with van der Waals surface area (Å²) in [5.41, 5.74) is 7.71. The quantitative estimate of drug-likeness (QED) is 0.364. The fourth-order valence-corrected chi connectivity index (χ4v) is 3.64. The molecule has 0 aliphatic heterocycles. The minimum atomic E-state index is 0.941. The molecule has 0 amide bonds. The minimum Gasteiger partial charge on any atom is -0.385 e. The lowest BCUT2D eigenvalue weighted by molar-refractivity contribution is -0.570. The second-order valence-electron chi connectivity index (χ2n) is 7.59. The molecule has 0 bridgehead atoms. The second-order valence-corrected chi connectivity index (χ2v) is 7.59. The molecule has 0 aromatic heterocycles. The molecule has 2 nitrogen and oxygen atoms in total. The molecular weight excluding hydrogens is 364 g/mol. The highest BCUT2D eigenvalue weighted by Crippen LogP contribution is 2.22. The lowest BCUT2D eigenvalue weighted by atomic mass is 10.0.